The number of hydrogen-bond acceptors (Lipinski definition) is 4. The van der Waals surface area contributed by atoms with Crippen LogP contribution < -0.4 is 10.6 Å². The molecule has 94 valence electrons. The van der Waals surface area contributed by atoms with Crippen molar-refractivity contribution in [1.29, 1.82) is 0 Å². The van der Waals surface area contributed by atoms with Crippen molar-refractivity contribution in [2.24, 2.45) is 0 Å². The fourth-order valence-electron chi connectivity index (χ4n) is 2.99. The standard InChI is InChI=1S/C11H18N4O2/c1-14-6-8(7-14)15-9(16)11(13-10(15)17)2-4-12-5-3-11/h8,12H,2-7H2,1H3,(H,13,17). The molecule has 6 heteroatoms. The zero-order valence-electron chi connectivity index (χ0n) is 10.0. The van der Waals surface area contributed by atoms with Gasteiger partial charge < -0.3 is 15.5 Å². The van der Waals surface area contributed by atoms with Crippen LogP contribution in [0.4, 0.5) is 4.79 Å². The Hall–Kier alpha value is -1.14. The number of piperidine rings is 1. The molecular formula is C11H18N4O2. The Labute approximate surface area is 100 Å². The number of hydrogen-bond donors (Lipinski definition) is 2. The zero-order valence-corrected chi connectivity index (χ0v) is 10.0. The van der Waals surface area contributed by atoms with Gasteiger partial charge in [-0.1, -0.05) is 0 Å². The van der Waals surface area contributed by atoms with E-state index in [1.54, 1.807) is 0 Å². The number of likely N-dealkylation sites (N-methyl/N-ethyl adjacent to an activating group) is 1. The fraction of sp³-hybridized carbons (Fsp3) is 0.818. The molecule has 3 fully saturated rings. The largest absolute Gasteiger partial charge is 0.325 e. The maximum atomic E-state index is 12.4. The molecule has 0 aromatic carbocycles. The van der Waals surface area contributed by atoms with Crippen LogP contribution in [-0.2, 0) is 4.79 Å². The normalized spacial score (nSPS) is 29.6. The molecule has 3 rings (SSSR count). The van der Waals surface area contributed by atoms with Crippen LogP contribution in [0.15, 0.2) is 0 Å². The first-order chi connectivity index (χ1) is 8.12. The number of carbonyl (C=O) groups is 2. The highest BCUT2D eigenvalue weighted by molar-refractivity contribution is 6.07. The van der Waals surface area contributed by atoms with Crippen molar-refractivity contribution in [1.82, 2.24) is 20.4 Å². The molecule has 0 saturated carbocycles. The van der Waals surface area contributed by atoms with Crippen LogP contribution in [0.3, 0.4) is 0 Å². The van der Waals surface area contributed by atoms with Gasteiger partial charge in [-0.3, -0.25) is 9.69 Å². The number of imide groups is 1. The number of urea groups is 1. The summed E-state index contributed by atoms with van der Waals surface area (Å²) in [5.41, 5.74) is -0.615. The van der Waals surface area contributed by atoms with E-state index in [4.69, 9.17) is 0 Å². The predicted molar refractivity (Wildman–Crippen MR) is 61.5 cm³/mol. The van der Waals surface area contributed by atoms with E-state index in [0.29, 0.717) is 12.8 Å². The van der Waals surface area contributed by atoms with Gasteiger partial charge in [0.2, 0.25) is 0 Å². The van der Waals surface area contributed by atoms with E-state index < -0.39 is 5.54 Å². The molecule has 0 atom stereocenters. The highest BCUT2D eigenvalue weighted by atomic mass is 16.2. The van der Waals surface area contributed by atoms with Crippen molar-refractivity contribution in [3.63, 3.8) is 0 Å². The lowest BCUT2D eigenvalue weighted by Crippen LogP contribution is -2.60. The van der Waals surface area contributed by atoms with Crippen LogP contribution in [0.25, 0.3) is 0 Å². The second-order valence-electron chi connectivity index (χ2n) is 5.31. The monoisotopic (exact) mass is 238 g/mol. The molecule has 0 aliphatic carbocycles. The van der Waals surface area contributed by atoms with Crippen LogP contribution in [0.1, 0.15) is 12.8 Å². The van der Waals surface area contributed by atoms with Crippen molar-refractivity contribution in [2.45, 2.75) is 24.4 Å². The molecular weight excluding hydrogens is 220 g/mol. The summed E-state index contributed by atoms with van der Waals surface area (Å²) in [5.74, 6) is -0.0119. The molecule has 3 aliphatic heterocycles. The first-order valence-corrected chi connectivity index (χ1v) is 6.17. The van der Waals surface area contributed by atoms with Gasteiger partial charge in [0.15, 0.2) is 0 Å². The molecule has 3 saturated heterocycles. The maximum absolute atomic E-state index is 12.4. The molecule has 1 spiro atoms. The van der Waals surface area contributed by atoms with Gasteiger partial charge >= 0.3 is 6.03 Å². The SMILES string of the molecule is CN1CC(N2C(=O)NC3(CCNCC3)C2=O)C1. The van der Waals surface area contributed by atoms with E-state index in [2.05, 4.69) is 15.5 Å². The molecule has 0 radical (unpaired) electrons. The van der Waals surface area contributed by atoms with E-state index in [1.807, 2.05) is 7.05 Å². The Morgan fingerprint density at radius 2 is 1.88 bits per heavy atom. The zero-order chi connectivity index (χ0) is 12.0. The highest BCUT2D eigenvalue weighted by Gasteiger charge is 2.54. The maximum Gasteiger partial charge on any atom is 0.325 e. The number of amides is 3. The number of rotatable bonds is 1. The number of likely N-dealkylation sites (tertiary alicyclic amines) is 1. The van der Waals surface area contributed by atoms with Crippen LogP contribution in [0.5, 0.6) is 0 Å². The molecule has 3 heterocycles. The third kappa shape index (κ3) is 1.55. The summed E-state index contributed by atoms with van der Waals surface area (Å²) in [6.07, 6.45) is 1.41. The number of carbonyl (C=O) groups excluding carboxylic acids is 2. The summed E-state index contributed by atoms with van der Waals surface area (Å²) < 4.78 is 0. The second kappa shape index (κ2) is 3.68. The third-order valence-corrected chi connectivity index (χ3v) is 4.06. The molecule has 3 aliphatic rings. The molecule has 6 nitrogen and oxygen atoms in total. The van der Waals surface area contributed by atoms with Crippen LogP contribution in [0.2, 0.25) is 0 Å². The van der Waals surface area contributed by atoms with Gasteiger partial charge in [0.05, 0.1) is 6.04 Å². The third-order valence-electron chi connectivity index (χ3n) is 4.06. The Kier molecular flexibility index (Phi) is 2.38. The quantitative estimate of drug-likeness (QED) is 0.574. The van der Waals surface area contributed by atoms with Gasteiger partial charge in [-0.2, -0.15) is 0 Å². The fourth-order valence-corrected chi connectivity index (χ4v) is 2.99. The van der Waals surface area contributed by atoms with Gasteiger partial charge in [-0.05, 0) is 33.0 Å². The first kappa shape index (κ1) is 11.0. The minimum Gasteiger partial charge on any atom is -0.323 e. The van der Waals surface area contributed by atoms with Crippen LogP contribution >= 0.6 is 0 Å². The second-order valence-corrected chi connectivity index (χ2v) is 5.31. The molecule has 0 bridgehead atoms. The molecule has 17 heavy (non-hydrogen) atoms. The summed E-state index contributed by atoms with van der Waals surface area (Å²) in [5, 5.41) is 6.13. The topological polar surface area (TPSA) is 64.7 Å². The Morgan fingerprint density at radius 1 is 1.24 bits per heavy atom. The average Bonchev–Trinajstić information content (AvgIpc) is 2.49. The van der Waals surface area contributed by atoms with Crippen molar-refractivity contribution >= 4 is 11.9 Å². The average molecular weight is 238 g/mol. The minimum absolute atomic E-state index is 0.0119. The smallest absolute Gasteiger partial charge is 0.323 e. The van der Waals surface area contributed by atoms with E-state index >= 15 is 0 Å². The first-order valence-electron chi connectivity index (χ1n) is 6.17. The van der Waals surface area contributed by atoms with E-state index in [9.17, 15) is 9.59 Å². The van der Waals surface area contributed by atoms with E-state index in [-0.39, 0.29) is 18.0 Å². The highest BCUT2D eigenvalue weighted by Crippen LogP contribution is 2.29. The van der Waals surface area contributed by atoms with Crippen LogP contribution in [-0.4, -0.2) is 66.5 Å². The van der Waals surface area contributed by atoms with Gasteiger partial charge in [0, 0.05) is 13.1 Å². The Balaban J connectivity index is 1.78. The van der Waals surface area contributed by atoms with Crippen LogP contribution in [0, 0.1) is 0 Å². The van der Waals surface area contributed by atoms with E-state index in [0.717, 1.165) is 26.2 Å². The number of nitrogens with zero attached hydrogens (tertiary/aromatic N) is 2. The predicted octanol–water partition coefficient (Wildman–Crippen LogP) is -1.03. The lowest BCUT2D eigenvalue weighted by atomic mass is 9.88. The van der Waals surface area contributed by atoms with Gasteiger partial charge in [-0.15, -0.1) is 0 Å². The molecule has 0 aromatic rings. The lowest BCUT2D eigenvalue weighted by molar-refractivity contribution is -0.135. The summed E-state index contributed by atoms with van der Waals surface area (Å²) in [6, 6.07) is -0.128. The summed E-state index contributed by atoms with van der Waals surface area (Å²) in [4.78, 5) is 27.9. The Morgan fingerprint density at radius 3 is 2.47 bits per heavy atom. The van der Waals surface area contributed by atoms with Gasteiger partial charge in [-0.25, -0.2) is 4.79 Å². The number of nitrogens with one attached hydrogen (secondary N) is 2. The van der Waals surface area contributed by atoms with Gasteiger partial charge in [0.25, 0.3) is 5.91 Å². The van der Waals surface area contributed by atoms with Crippen molar-refractivity contribution in [2.75, 3.05) is 33.2 Å². The molecule has 0 aromatic heterocycles. The summed E-state index contributed by atoms with van der Waals surface area (Å²) in [7, 11) is 2.00. The molecule has 2 N–H and O–H groups in total. The van der Waals surface area contributed by atoms with Crippen molar-refractivity contribution < 1.29 is 9.59 Å². The van der Waals surface area contributed by atoms with Crippen molar-refractivity contribution in [3.05, 3.63) is 0 Å². The van der Waals surface area contributed by atoms with Crippen molar-refractivity contribution in [3.8, 4) is 0 Å². The van der Waals surface area contributed by atoms with E-state index in [1.165, 1.54) is 4.90 Å². The summed E-state index contributed by atoms with van der Waals surface area (Å²) in [6.45, 7) is 3.19. The molecule has 3 amide bonds. The Bertz CT molecular complexity index is 358. The summed E-state index contributed by atoms with van der Waals surface area (Å²) >= 11 is 0. The lowest BCUT2D eigenvalue weighted by Gasteiger charge is -2.41. The molecule has 0 unspecified atom stereocenters. The minimum atomic E-state index is -0.615. The van der Waals surface area contributed by atoms with Gasteiger partial charge in [0.1, 0.15) is 5.54 Å².